The number of aliphatic hydroxyl groups is 2. The maximum absolute atomic E-state index is 10.9. The highest BCUT2D eigenvalue weighted by Crippen LogP contribution is 2.27. The number of aliphatic hydroxyl groups excluding tert-OH is 2. The standard InChI is InChI=1S/C9H17NO3.C9H17NO2.C8H17NO.CH4/c1-9(2,3)10-5-6(11)4-7(10)8(12)13;1-9(2,3)10-6-4-5-7(10)8(11)12;1-8(2,3)9-5-4-7(10)6-9;/h6-7,11H,4-5H2,1-3H3,(H,12,13);7H,4-6H2,1-3H3,(H,11,12);7,10H,4-6H2,1-3H3;1H4. The molecule has 0 aromatic carbocycles. The van der Waals surface area contributed by atoms with Crippen LogP contribution in [0.2, 0.25) is 0 Å². The largest absolute Gasteiger partial charge is 0.480 e. The summed E-state index contributed by atoms with van der Waals surface area (Å²) in [5, 5.41) is 36.4. The SMILES string of the molecule is C.CC(C)(C)N1CC(O)CC1C(=O)O.CC(C)(C)N1CCC(O)C1.CC(C)(C)N1CCCC1C(=O)O. The lowest BCUT2D eigenvalue weighted by molar-refractivity contribution is -0.144. The summed E-state index contributed by atoms with van der Waals surface area (Å²) >= 11 is 0. The summed E-state index contributed by atoms with van der Waals surface area (Å²) in [5.74, 6) is -1.52. The van der Waals surface area contributed by atoms with Crippen molar-refractivity contribution in [2.45, 2.75) is 136 Å². The van der Waals surface area contributed by atoms with Crippen molar-refractivity contribution < 1.29 is 30.0 Å². The Morgan fingerprint density at radius 1 is 0.667 bits per heavy atom. The number of aliphatic carboxylic acids is 2. The van der Waals surface area contributed by atoms with E-state index in [2.05, 4.69) is 51.3 Å². The normalized spacial score (nSPS) is 28.0. The summed E-state index contributed by atoms with van der Waals surface area (Å²) in [6.45, 7) is 21.9. The van der Waals surface area contributed by atoms with Gasteiger partial charge in [0.25, 0.3) is 0 Å². The van der Waals surface area contributed by atoms with E-state index in [1.807, 2.05) is 25.7 Å². The minimum Gasteiger partial charge on any atom is -0.480 e. The molecule has 214 valence electrons. The van der Waals surface area contributed by atoms with Gasteiger partial charge in [-0.25, -0.2) is 0 Å². The Hall–Kier alpha value is -1.26. The number of hydrogen-bond donors (Lipinski definition) is 4. The zero-order chi connectivity index (χ0) is 27.4. The molecule has 9 heteroatoms. The summed E-state index contributed by atoms with van der Waals surface area (Å²) < 4.78 is 0. The van der Waals surface area contributed by atoms with Crippen LogP contribution in [0.15, 0.2) is 0 Å². The fourth-order valence-electron chi connectivity index (χ4n) is 4.97. The van der Waals surface area contributed by atoms with E-state index in [0.29, 0.717) is 13.0 Å². The Labute approximate surface area is 219 Å². The third kappa shape index (κ3) is 10.6. The molecule has 0 saturated carbocycles. The fraction of sp³-hybridized carbons (Fsp3) is 0.926. The second-order valence-corrected chi connectivity index (χ2v) is 13.0. The number of rotatable bonds is 2. The van der Waals surface area contributed by atoms with E-state index in [-0.39, 0.29) is 36.2 Å². The van der Waals surface area contributed by atoms with Crippen LogP contribution in [-0.2, 0) is 9.59 Å². The smallest absolute Gasteiger partial charge is 0.321 e. The molecule has 4 atom stereocenters. The molecule has 4 N–H and O–H groups in total. The van der Waals surface area contributed by atoms with Crippen molar-refractivity contribution in [2.24, 2.45) is 0 Å². The molecule has 9 nitrogen and oxygen atoms in total. The van der Waals surface area contributed by atoms with Gasteiger partial charge in [-0.2, -0.15) is 0 Å². The molecule has 0 aromatic rings. The van der Waals surface area contributed by atoms with Crippen LogP contribution in [0.25, 0.3) is 0 Å². The minimum atomic E-state index is -0.841. The molecule has 0 amide bonds. The van der Waals surface area contributed by atoms with Crippen LogP contribution in [0.3, 0.4) is 0 Å². The van der Waals surface area contributed by atoms with E-state index in [1.54, 1.807) is 0 Å². The van der Waals surface area contributed by atoms with E-state index in [4.69, 9.17) is 10.2 Å². The number of carboxylic acid groups (broad SMARTS) is 2. The van der Waals surface area contributed by atoms with Gasteiger partial charge in [0.1, 0.15) is 12.1 Å². The Balaban J connectivity index is 0.000000507. The van der Waals surface area contributed by atoms with Crippen LogP contribution in [0.4, 0.5) is 0 Å². The van der Waals surface area contributed by atoms with Crippen molar-refractivity contribution in [3.8, 4) is 0 Å². The van der Waals surface area contributed by atoms with E-state index in [0.717, 1.165) is 38.9 Å². The van der Waals surface area contributed by atoms with Crippen LogP contribution in [0, 0.1) is 0 Å². The van der Waals surface area contributed by atoms with Gasteiger partial charge in [-0.15, -0.1) is 0 Å². The first-order valence-electron chi connectivity index (χ1n) is 12.9. The van der Waals surface area contributed by atoms with E-state index < -0.39 is 24.1 Å². The molecule has 3 aliphatic heterocycles. The molecule has 0 aromatic heterocycles. The van der Waals surface area contributed by atoms with Gasteiger partial charge in [-0.1, -0.05) is 7.43 Å². The summed E-state index contributed by atoms with van der Waals surface area (Å²) in [6, 6.07) is -0.792. The number of nitrogens with zero attached hydrogens (tertiary/aromatic N) is 3. The van der Waals surface area contributed by atoms with Crippen LogP contribution in [0.5, 0.6) is 0 Å². The van der Waals surface area contributed by atoms with Crippen molar-refractivity contribution in [1.82, 2.24) is 14.7 Å². The van der Waals surface area contributed by atoms with E-state index >= 15 is 0 Å². The quantitative estimate of drug-likeness (QED) is 0.437. The molecule has 3 saturated heterocycles. The molecule has 0 spiro atoms. The van der Waals surface area contributed by atoms with Crippen molar-refractivity contribution in [3.63, 3.8) is 0 Å². The lowest BCUT2D eigenvalue weighted by Crippen LogP contribution is -2.48. The topological polar surface area (TPSA) is 125 Å². The Morgan fingerprint density at radius 2 is 1.17 bits per heavy atom. The maximum atomic E-state index is 10.9. The lowest BCUT2D eigenvalue weighted by Gasteiger charge is -2.34. The number of carbonyl (C=O) groups is 2. The molecule has 0 bridgehead atoms. The van der Waals surface area contributed by atoms with Gasteiger partial charge in [0.15, 0.2) is 0 Å². The number of likely N-dealkylation sites (tertiary alicyclic amines) is 3. The molecule has 0 radical (unpaired) electrons. The van der Waals surface area contributed by atoms with Crippen molar-refractivity contribution in [2.75, 3.05) is 26.2 Å². The van der Waals surface area contributed by atoms with Crippen molar-refractivity contribution in [1.29, 1.82) is 0 Å². The van der Waals surface area contributed by atoms with Gasteiger partial charge in [0.2, 0.25) is 0 Å². The fourth-order valence-corrected chi connectivity index (χ4v) is 4.97. The summed E-state index contributed by atoms with van der Waals surface area (Å²) in [6.07, 6.45) is 2.50. The Bertz CT molecular complexity index is 695. The highest BCUT2D eigenvalue weighted by molar-refractivity contribution is 5.74. The summed E-state index contributed by atoms with van der Waals surface area (Å²) in [7, 11) is 0. The first-order chi connectivity index (χ1) is 15.7. The zero-order valence-corrected chi connectivity index (χ0v) is 23.4. The monoisotopic (exact) mass is 517 g/mol. The molecule has 4 unspecified atom stereocenters. The number of β-amino-alcohol motifs (C(OH)–C–C–N with tert-alkyl or cyclic N) is 2. The van der Waals surface area contributed by atoms with Crippen LogP contribution >= 0.6 is 0 Å². The molecular formula is C27H55N3O6. The van der Waals surface area contributed by atoms with Gasteiger partial charge in [-0.3, -0.25) is 24.3 Å². The van der Waals surface area contributed by atoms with E-state index in [1.165, 1.54) is 0 Å². The highest BCUT2D eigenvalue weighted by atomic mass is 16.4. The first-order valence-corrected chi connectivity index (χ1v) is 12.9. The highest BCUT2D eigenvalue weighted by Gasteiger charge is 2.41. The molecule has 36 heavy (non-hydrogen) atoms. The van der Waals surface area contributed by atoms with Gasteiger partial charge in [0.05, 0.1) is 12.2 Å². The van der Waals surface area contributed by atoms with Gasteiger partial charge in [0, 0.05) is 42.7 Å². The average molecular weight is 518 g/mol. The maximum Gasteiger partial charge on any atom is 0.321 e. The van der Waals surface area contributed by atoms with Gasteiger partial charge < -0.3 is 20.4 Å². The molecule has 3 aliphatic rings. The predicted molar refractivity (Wildman–Crippen MR) is 144 cm³/mol. The molecule has 0 aliphatic carbocycles. The van der Waals surface area contributed by atoms with Gasteiger partial charge in [-0.05, 0) is 88.1 Å². The van der Waals surface area contributed by atoms with Crippen LogP contribution in [0.1, 0.15) is 95.4 Å². The second kappa shape index (κ2) is 13.5. The van der Waals surface area contributed by atoms with Crippen molar-refractivity contribution in [3.05, 3.63) is 0 Å². The predicted octanol–water partition coefficient (Wildman–Crippen LogP) is 3.13. The summed E-state index contributed by atoms with van der Waals surface area (Å²) in [5.41, 5.74) is 0.0254. The molecule has 3 rings (SSSR count). The lowest BCUT2D eigenvalue weighted by atomic mass is 10.0. The summed E-state index contributed by atoms with van der Waals surface area (Å²) in [4.78, 5) is 27.9. The molecule has 3 heterocycles. The van der Waals surface area contributed by atoms with Crippen molar-refractivity contribution >= 4 is 11.9 Å². The molecular weight excluding hydrogens is 462 g/mol. The number of hydrogen-bond acceptors (Lipinski definition) is 7. The third-order valence-corrected chi connectivity index (χ3v) is 6.94. The minimum absolute atomic E-state index is 0. The van der Waals surface area contributed by atoms with E-state index in [9.17, 15) is 19.8 Å². The third-order valence-electron chi connectivity index (χ3n) is 6.94. The Kier molecular flexibility index (Phi) is 13.0. The van der Waals surface area contributed by atoms with Crippen LogP contribution < -0.4 is 0 Å². The first kappa shape index (κ1) is 34.7. The zero-order valence-electron chi connectivity index (χ0n) is 23.4. The molecule has 3 fully saturated rings. The average Bonchev–Trinajstić information content (AvgIpc) is 3.39. The number of carboxylic acids is 2. The van der Waals surface area contributed by atoms with Gasteiger partial charge >= 0.3 is 11.9 Å². The van der Waals surface area contributed by atoms with Crippen LogP contribution in [-0.4, -0.2) is 114 Å². The second-order valence-electron chi connectivity index (χ2n) is 13.0. The Morgan fingerprint density at radius 3 is 1.44 bits per heavy atom.